The van der Waals surface area contributed by atoms with Crippen LogP contribution in [0.1, 0.15) is 23.1 Å². The lowest BCUT2D eigenvalue weighted by atomic mass is 9.88. The fourth-order valence-electron chi connectivity index (χ4n) is 3.75. The summed E-state index contributed by atoms with van der Waals surface area (Å²) in [5.41, 5.74) is 1.37. The van der Waals surface area contributed by atoms with Crippen molar-refractivity contribution in [3.8, 4) is 46.0 Å². The second-order valence-corrected chi connectivity index (χ2v) is 6.22. The van der Waals surface area contributed by atoms with Crippen molar-refractivity contribution in [1.82, 2.24) is 0 Å². The first-order chi connectivity index (χ1) is 13.0. The van der Waals surface area contributed by atoms with Crippen LogP contribution in [-0.2, 0) is 0 Å². The molecule has 2 N–H and O–H groups in total. The van der Waals surface area contributed by atoms with Gasteiger partial charge in [-0.2, -0.15) is 0 Å². The second-order valence-electron chi connectivity index (χ2n) is 6.22. The zero-order valence-electron chi connectivity index (χ0n) is 15.4. The summed E-state index contributed by atoms with van der Waals surface area (Å²) in [6.45, 7) is 0.253. The fraction of sp³-hybridized carbons (Fsp3) is 0.368. The molecule has 0 bridgehead atoms. The van der Waals surface area contributed by atoms with E-state index in [1.807, 2.05) is 0 Å². The van der Waals surface area contributed by atoms with Crippen molar-refractivity contribution < 1.29 is 38.6 Å². The number of benzene rings is 2. The van der Waals surface area contributed by atoms with Crippen LogP contribution in [0.25, 0.3) is 0 Å². The van der Waals surface area contributed by atoms with Crippen LogP contribution in [-0.4, -0.2) is 45.3 Å². The minimum absolute atomic E-state index is 0.0432. The normalized spacial score (nSPS) is 19.1. The maximum atomic E-state index is 10.5. The highest BCUT2D eigenvalue weighted by atomic mass is 16.6. The first-order valence-electron chi connectivity index (χ1n) is 8.30. The van der Waals surface area contributed by atoms with E-state index in [0.717, 1.165) is 5.56 Å². The number of phenolic OH excluding ortho intramolecular Hbond substituents is 2. The highest BCUT2D eigenvalue weighted by molar-refractivity contribution is 5.68. The summed E-state index contributed by atoms with van der Waals surface area (Å²) < 4.78 is 33.2. The predicted molar refractivity (Wildman–Crippen MR) is 94.0 cm³/mol. The van der Waals surface area contributed by atoms with Crippen molar-refractivity contribution in [2.75, 3.05) is 35.0 Å². The topological polar surface area (TPSA) is 95.8 Å². The third kappa shape index (κ3) is 2.29. The molecule has 0 saturated carbocycles. The maximum Gasteiger partial charge on any atom is 0.207 e. The van der Waals surface area contributed by atoms with Gasteiger partial charge in [-0.05, 0) is 12.1 Å². The Balaban J connectivity index is 1.87. The van der Waals surface area contributed by atoms with Crippen LogP contribution < -0.4 is 28.4 Å². The van der Waals surface area contributed by atoms with Crippen molar-refractivity contribution in [3.05, 3.63) is 23.3 Å². The van der Waals surface area contributed by atoms with E-state index in [-0.39, 0.29) is 41.3 Å². The largest absolute Gasteiger partial charge is 0.504 e. The lowest BCUT2D eigenvalue weighted by Gasteiger charge is -2.29. The fourth-order valence-corrected chi connectivity index (χ4v) is 3.75. The Morgan fingerprint density at radius 2 is 1.56 bits per heavy atom. The van der Waals surface area contributed by atoms with Crippen LogP contribution in [0.4, 0.5) is 0 Å². The third-order valence-electron chi connectivity index (χ3n) is 4.96. The Bertz CT molecular complexity index is 908. The van der Waals surface area contributed by atoms with Gasteiger partial charge in [0.05, 0.1) is 41.0 Å². The molecular weight excluding hydrogens is 356 g/mol. The molecule has 8 nitrogen and oxygen atoms in total. The number of phenols is 2. The van der Waals surface area contributed by atoms with Crippen LogP contribution in [0, 0.1) is 0 Å². The van der Waals surface area contributed by atoms with E-state index in [2.05, 4.69) is 0 Å². The summed E-state index contributed by atoms with van der Waals surface area (Å²) >= 11 is 0. The average molecular weight is 376 g/mol. The van der Waals surface area contributed by atoms with Crippen LogP contribution in [0.5, 0.6) is 46.0 Å². The molecule has 0 unspecified atom stereocenters. The number of ether oxygens (including phenoxy) is 6. The van der Waals surface area contributed by atoms with Gasteiger partial charge in [0.25, 0.3) is 0 Å². The van der Waals surface area contributed by atoms with Crippen LogP contribution in [0.2, 0.25) is 0 Å². The van der Waals surface area contributed by atoms with E-state index in [1.54, 1.807) is 12.1 Å². The molecule has 8 heteroatoms. The van der Waals surface area contributed by atoms with Gasteiger partial charge in [0.2, 0.25) is 23.0 Å². The molecule has 2 aliphatic heterocycles. The van der Waals surface area contributed by atoms with E-state index in [4.69, 9.17) is 28.4 Å². The molecule has 27 heavy (non-hydrogen) atoms. The van der Waals surface area contributed by atoms with Gasteiger partial charge in [-0.25, -0.2) is 0 Å². The van der Waals surface area contributed by atoms with Gasteiger partial charge in [-0.15, -0.1) is 0 Å². The molecule has 0 spiro atoms. The van der Waals surface area contributed by atoms with Gasteiger partial charge in [-0.1, -0.05) is 0 Å². The quantitative estimate of drug-likeness (QED) is 0.841. The third-order valence-corrected chi connectivity index (χ3v) is 4.96. The van der Waals surface area contributed by atoms with Crippen molar-refractivity contribution in [3.63, 3.8) is 0 Å². The maximum absolute atomic E-state index is 10.5. The number of fused-ring (bicyclic) bond motifs is 5. The summed E-state index contributed by atoms with van der Waals surface area (Å²) in [4.78, 5) is 0. The summed E-state index contributed by atoms with van der Waals surface area (Å²) in [5, 5.41) is 20.8. The molecule has 2 aliphatic rings. The molecular formula is C19H20O8. The molecule has 144 valence electrons. The first-order valence-corrected chi connectivity index (χ1v) is 8.30. The van der Waals surface area contributed by atoms with Crippen LogP contribution in [0.15, 0.2) is 12.1 Å². The van der Waals surface area contributed by atoms with Gasteiger partial charge in [-0.3, -0.25) is 0 Å². The van der Waals surface area contributed by atoms with E-state index >= 15 is 0 Å². The highest BCUT2D eigenvalue weighted by Gasteiger charge is 2.45. The Morgan fingerprint density at radius 3 is 2.19 bits per heavy atom. The molecule has 2 aromatic rings. The average Bonchev–Trinajstić information content (AvgIpc) is 3.05. The Labute approximate surface area is 155 Å². The minimum atomic E-state index is -0.449. The Morgan fingerprint density at radius 1 is 0.852 bits per heavy atom. The van der Waals surface area contributed by atoms with Gasteiger partial charge >= 0.3 is 0 Å². The van der Waals surface area contributed by atoms with Crippen molar-refractivity contribution in [2.24, 2.45) is 0 Å². The first kappa shape index (κ1) is 17.3. The summed E-state index contributed by atoms with van der Waals surface area (Å²) in [5.74, 6) is 1.46. The molecule has 2 atom stereocenters. The smallest absolute Gasteiger partial charge is 0.207 e. The summed E-state index contributed by atoms with van der Waals surface area (Å²) in [7, 11) is 5.85. The van der Waals surface area contributed by atoms with Gasteiger partial charge < -0.3 is 38.6 Å². The minimum Gasteiger partial charge on any atom is -0.504 e. The lowest BCUT2D eigenvalue weighted by molar-refractivity contribution is 0.132. The monoisotopic (exact) mass is 376 g/mol. The van der Waals surface area contributed by atoms with Crippen LogP contribution >= 0.6 is 0 Å². The molecule has 0 radical (unpaired) electrons. The number of methoxy groups -OCH3 is 4. The van der Waals surface area contributed by atoms with Gasteiger partial charge in [0.1, 0.15) is 6.10 Å². The van der Waals surface area contributed by atoms with Gasteiger partial charge in [0, 0.05) is 11.1 Å². The summed E-state index contributed by atoms with van der Waals surface area (Å²) in [6.07, 6.45) is -0.449. The lowest BCUT2D eigenvalue weighted by Crippen LogP contribution is -2.23. The molecule has 0 fully saturated rings. The van der Waals surface area contributed by atoms with E-state index in [0.29, 0.717) is 22.8 Å². The molecule has 0 aliphatic carbocycles. The number of rotatable bonds is 4. The Kier molecular flexibility index (Phi) is 3.98. The molecule has 2 aromatic carbocycles. The van der Waals surface area contributed by atoms with Crippen molar-refractivity contribution >= 4 is 0 Å². The van der Waals surface area contributed by atoms with E-state index < -0.39 is 6.10 Å². The molecule has 0 aromatic heterocycles. The second kappa shape index (κ2) is 6.22. The standard InChI is InChI=1S/C19H20O8/c1-22-12-6-9-14-10(7-26-15(9)13(21)18(12)24-3)8-5-11(20)17(23-2)19(25-4)16(8)27-14/h5-6,10,14,20-21H,7H2,1-4H3/t10-,14-/m0/s1. The van der Waals surface area contributed by atoms with Gasteiger partial charge in [0.15, 0.2) is 23.0 Å². The molecule has 0 saturated heterocycles. The summed E-state index contributed by atoms with van der Waals surface area (Å²) in [6, 6.07) is 3.32. The molecule has 0 amide bonds. The predicted octanol–water partition coefficient (Wildman–Crippen LogP) is 2.74. The van der Waals surface area contributed by atoms with Crippen LogP contribution in [0.3, 0.4) is 0 Å². The molecule has 4 rings (SSSR count). The van der Waals surface area contributed by atoms with E-state index in [1.165, 1.54) is 28.4 Å². The Hall–Kier alpha value is -3.16. The van der Waals surface area contributed by atoms with Crippen molar-refractivity contribution in [2.45, 2.75) is 12.0 Å². The highest BCUT2D eigenvalue weighted by Crippen LogP contribution is 2.61. The zero-order chi connectivity index (χ0) is 19.3. The number of hydrogen-bond acceptors (Lipinski definition) is 8. The number of aromatic hydroxyl groups is 2. The van der Waals surface area contributed by atoms with E-state index in [9.17, 15) is 10.2 Å². The van der Waals surface area contributed by atoms with Crippen molar-refractivity contribution in [1.29, 1.82) is 0 Å². The SMILES string of the molecule is COc1cc2c(c(O)c1OC)OC[C@H]1c3cc(O)c(OC)c(OC)c3O[C@@H]21. The molecule has 2 heterocycles. The number of hydrogen-bond donors (Lipinski definition) is 2. The zero-order valence-corrected chi connectivity index (χ0v) is 15.4.